The summed E-state index contributed by atoms with van der Waals surface area (Å²) in [6.07, 6.45) is 3.73. The minimum absolute atomic E-state index is 0.0180. The second-order valence-corrected chi connectivity index (χ2v) is 5.44. The highest BCUT2D eigenvalue weighted by Gasteiger charge is 2.10. The molecule has 0 fully saturated rings. The number of nitrogens with zero attached hydrogens (tertiary/aromatic N) is 2. The van der Waals surface area contributed by atoms with Crippen LogP contribution in [0.4, 0.5) is 0 Å². The van der Waals surface area contributed by atoms with Crippen molar-refractivity contribution >= 4 is 17.2 Å². The summed E-state index contributed by atoms with van der Waals surface area (Å²) in [5.41, 5.74) is 1.86. The molecule has 0 saturated carbocycles. The molecule has 0 aliphatic rings. The third-order valence-electron chi connectivity index (χ3n) is 3.10. The van der Waals surface area contributed by atoms with Gasteiger partial charge in [-0.25, -0.2) is 0 Å². The fourth-order valence-electron chi connectivity index (χ4n) is 1.92. The summed E-state index contributed by atoms with van der Waals surface area (Å²) < 4.78 is 1.62. The first kappa shape index (κ1) is 14.5. The van der Waals surface area contributed by atoms with Gasteiger partial charge < -0.3 is 9.88 Å². The topological polar surface area (TPSA) is 64.0 Å². The Morgan fingerprint density at radius 3 is 2.95 bits per heavy atom. The summed E-state index contributed by atoms with van der Waals surface area (Å²) in [6.45, 7) is 4.20. The molecule has 0 aliphatic heterocycles. The van der Waals surface area contributed by atoms with Gasteiger partial charge in [0.15, 0.2) is 0 Å². The van der Waals surface area contributed by atoms with Gasteiger partial charge in [-0.05, 0) is 25.5 Å². The summed E-state index contributed by atoms with van der Waals surface area (Å²) in [5, 5.41) is 4.71. The van der Waals surface area contributed by atoms with Crippen molar-refractivity contribution in [3.05, 3.63) is 50.8 Å². The summed E-state index contributed by atoms with van der Waals surface area (Å²) in [4.78, 5) is 27.4. The molecular weight excluding hydrogens is 274 g/mol. The Morgan fingerprint density at radius 2 is 2.35 bits per heavy atom. The van der Waals surface area contributed by atoms with Crippen molar-refractivity contribution in [2.24, 2.45) is 0 Å². The average molecular weight is 291 g/mol. The molecule has 1 N–H and O–H groups in total. The van der Waals surface area contributed by atoms with Crippen LogP contribution in [0, 0.1) is 6.92 Å². The van der Waals surface area contributed by atoms with Gasteiger partial charge in [0, 0.05) is 36.4 Å². The summed E-state index contributed by atoms with van der Waals surface area (Å²) in [7, 11) is 0. The summed E-state index contributed by atoms with van der Waals surface area (Å²) >= 11 is 1.16. The Hall–Kier alpha value is -1.95. The lowest BCUT2D eigenvalue weighted by Crippen LogP contribution is -2.28. The maximum Gasteiger partial charge on any atom is 0.307 e. The number of hydrogen-bond acceptors (Lipinski definition) is 4. The molecule has 1 amide bonds. The lowest BCUT2D eigenvalue weighted by atomic mass is 10.1. The molecule has 0 aromatic carbocycles. The SMILES string of the molecule is Cc1csc(=O)n1CCC(=O)N[C@H](C)c1cccnc1. The van der Waals surface area contributed by atoms with E-state index < -0.39 is 0 Å². The number of hydrogen-bond donors (Lipinski definition) is 1. The van der Waals surface area contributed by atoms with Crippen LogP contribution in [0.3, 0.4) is 0 Å². The van der Waals surface area contributed by atoms with E-state index in [-0.39, 0.29) is 16.8 Å². The van der Waals surface area contributed by atoms with Crippen molar-refractivity contribution in [1.29, 1.82) is 0 Å². The van der Waals surface area contributed by atoms with E-state index in [1.165, 1.54) is 0 Å². The molecule has 0 bridgehead atoms. The molecular formula is C14H17N3O2S. The quantitative estimate of drug-likeness (QED) is 0.915. The minimum Gasteiger partial charge on any atom is -0.349 e. The Bertz CT molecular complexity index is 633. The van der Waals surface area contributed by atoms with Crippen LogP contribution in [0.15, 0.2) is 34.7 Å². The lowest BCUT2D eigenvalue weighted by molar-refractivity contribution is -0.121. The van der Waals surface area contributed by atoms with Crippen molar-refractivity contribution < 1.29 is 4.79 Å². The molecule has 2 heterocycles. The molecule has 2 aromatic rings. The van der Waals surface area contributed by atoms with Gasteiger partial charge in [-0.15, -0.1) is 0 Å². The monoisotopic (exact) mass is 291 g/mol. The molecule has 0 unspecified atom stereocenters. The summed E-state index contributed by atoms with van der Waals surface area (Å²) in [6, 6.07) is 3.68. The van der Waals surface area contributed by atoms with Gasteiger partial charge in [0.05, 0.1) is 6.04 Å². The Balaban J connectivity index is 1.89. The zero-order valence-corrected chi connectivity index (χ0v) is 12.3. The molecule has 5 nitrogen and oxygen atoms in total. The van der Waals surface area contributed by atoms with E-state index in [2.05, 4.69) is 10.3 Å². The van der Waals surface area contributed by atoms with Crippen LogP contribution in [0.25, 0.3) is 0 Å². The number of nitrogens with one attached hydrogen (secondary N) is 1. The fourth-order valence-corrected chi connectivity index (χ4v) is 2.68. The van der Waals surface area contributed by atoms with Gasteiger partial charge in [-0.1, -0.05) is 17.4 Å². The highest BCUT2D eigenvalue weighted by atomic mass is 32.1. The first-order valence-electron chi connectivity index (χ1n) is 6.42. The number of aryl methyl sites for hydroxylation is 1. The van der Waals surface area contributed by atoms with Gasteiger partial charge in [-0.3, -0.25) is 14.6 Å². The summed E-state index contributed by atoms with van der Waals surface area (Å²) in [5.74, 6) is -0.0705. The highest BCUT2D eigenvalue weighted by Crippen LogP contribution is 2.10. The van der Waals surface area contributed by atoms with E-state index in [0.29, 0.717) is 13.0 Å². The average Bonchev–Trinajstić information content (AvgIpc) is 2.77. The van der Waals surface area contributed by atoms with E-state index >= 15 is 0 Å². The minimum atomic E-state index is -0.0866. The van der Waals surface area contributed by atoms with Crippen LogP contribution >= 0.6 is 11.3 Å². The van der Waals surface area contributed by atoms with Gasteiger partial charge >= 0.3 is 4.87 Å². The van der Waals surface area contributed by atoms with Crippen molar-refractivity contribution in [2.75, 3.05) is 0 Å². The van der Waals surface area contributed by atoms with E-state index in [1.807, 2.05) is 26.0 Å². The fraction of sp³-hybridized carbons (Fsp3) is 0.357. The van der Waals surface area contributed by atoms with Crippen molar-refractivity contribution in [3.8, 4) is 0 Å². The van der Waals surface area contributed by atoms with E-state index in [9.17, 15) is 9.59 Å². The zero-order valence-electron chi connectivity index (χ0n) is 11.5. The number of aromatic nitrogens is 2. The van der Waals surface area contributed by atoms with Crippen LogP contribution in [0.5, 0.6) is 0 Å². The number of pyridine rings is 1. The molecule has 0 radical (unpaired) electrons. The van der Waals surface area contributed by atoms with Gasteiger partial charge in [0.25, 0.3) is 0 Å². The second-order valence-electron chi connectivity index (χ2n) is 4.62. The smallest absolute Gasteiger partial charge is 0.307 e. The molecule has 0 saturated heterocycles. The Kier molecular flexibility index (Phi) is 4.68. The predicted molar refractivity (Wildman–Crippen MR) is 78.7 cm³/mol. The molecule has 1 atom stereocenters. The number of thiazole rings is 1. The maximum atomic E-state index is 11.9. The molecule has 2 rings (SSSR count). The van der Waals surface area contributed by atoms with Crippen LogP contribution in [-0.2, 0) is 11.3 Å². The highest BCUT2D eigenvalue weighted by molar-refractivity contribution is 7.07. The van der Waals surface area contributed by atoms with Gasteiger partial charge in [0.1, 0.15) is 0 Å². The number of rotatable bonds is 5. The molecule has 20 heavy (non-hydrogen) atoms. The predicted octanol–water partition coefficient (Wildman–Crippen LogP) is 1.88. The third-order valence-corrected chi connectivity index (χ3v) is 3.98. The second kappa shape index (κ2) is 6.47. The molecule has 6 heteroatoms. The Labute approximate surface area is 121 Å². The first-order valence-corrected chi connectivity index (χ1v) is 7.30. The molecule has 106 valence electrons. The van der Waals surface area contributed by atoms with Gasteiger partial charge in [-0.2, -0.15) is 0 Å². The van der Waals surface area contributed by atoms with E-state index in [1.54, 1.807) is 22.3 Å². The third kappa shape index (κ3) is 3.54. The van der Waals surface area contributed by atoms with Crippen molar-refractivity contribution in [3.63, 3.8) is 0 Å². The van der Waals surface area contributed by atoms with Crippen molar-refractivity contribution in [1.82, 2.24) is 14.9 Å². The van der Waals surface area contributed by atoms with Crippen LogP contribution in [0.2, 0.25) is 0 Å². The molecule has 0 aliphatic carbocycles. The van der Waals surface area contributed by atoms with Crippen LogP contribution in [0.1, 0.15) is 30.6 Å². The number of carbonyl (C=O) groups is 1. The largest absolute Gasteiger partial charge is 0.349 e. The lowest BCUT2D eigenvalue weighted by Gasteiger charge is -2.14. The normalized spacial score (nSPS) is 12.1. The molecule has 0 spiro atoms. The number of carbonyl (C=O) groups excluding carboxylic acids is 1. The van der Waals surface area contributed by atoms with Gasteiger partial charge in [0.2, 0.25) is 5.91 Å². The van der Waals surface area contributed by atoms with E-state index in [4.69, 9.17) is 0 Å². The Morgan fingerprint density at radius 1 is 1.55 bits per heavy atom. The number of amides is 1. The zero-order chi connectivity index (χ0) is 14.5. The first-order chi connectivity index (χ1) is 9.58. The van der Waals surface area contributed by atoms with Crippen molar-refractivity contribution in [2.45, 2.75) is 32.9 Å². The molecule has 2 aromatic heterocycles. The maximum absolute atomic E-state index is 11.9. The van der Waals surface area contributed by atoms with E-state index in [0.717, 1.165) is 22.6 Å². The van der Waals surface area contributed by atoms with Crippen LogP contribution in [-0.4, -0.2) is 15.5 Å². The van der Waals surface area contributed by atoms with Crippen LogP contribution < -0.4 is 10.2 Å². The standard InChI is InChI=1S/C14H17N3O2S/c1-10-9-20-14(19)17(10)7-5-13(18)16-11(2)12-4-3-6-15-8-12/h3-4,6,8-9,11H,5,7H2,1-2H3,(H,16,18)/t11-/m1/s1.